The number of ether oxygens (including phenoxy) is 2. The second kappa shape index (κ2) is 6.81. The van der Waals surface area contributed by atoms with Gasteiger partial charge in [0, 0.05) is 13.1 Å². The fraction of sp³-hybridized carbons (Fsp3) is 0.529. The molecule has 1 saturated heterocycles. The highest BCUT2D eigenvalue weighted by atomic mass is 16.6. The monoisotopic (exact) mass is 305 g/mol. The number of amides is 1. The summed E-state index contributed by atoms with van der Waals surface area (Å²) in [7, 11) is 1.38. The summed E-state index contributed by atoms with van der Waals surface area (Å²) in [5, 5.41) is 0. The summed E-state index contributed by atoms with van der Waals surface area (Å²) in [5.41, 5.74) is 0.260. The Morgan fingerprint density at radius 3 is 2.64 bits per heavy atom. The van der Waals surface area contributed by atoms with Crippen molar-refractivity contribution in [1.82, 2.24) is 4.90 Å². The average molecular weight is 305 g/mol. The molecule has 1 fully saturated rings. The van der Waals surface area contributed by atoms with E-state index in [2.05, 4.69) is 0 Å². The zero-order valence-electron chi connectivity index (χ0n) is 13.4. The Bertz CT molecular complexity index is 531. The molecule has 0 N–H and O–H groups in total. The van der Waals surface area contributed by atoms with Gasteiger partial charge in [-0.1, -0.05) is 37.3 Å². The van der Waals surface area contributed by atoms with Crippen molar-refractivity contribution in [3.05, 3.63) is 35.9 Å². The van der Waals surface area contributed by atoms with Gasteiger partial charge in [0.1, 0.15) is 6.61 Å². The molecule has 5 heteroatoms. The molecule has 0 aliphatic carbocycles. The maximum absolute atomic E-state index is 12.2. The van der Waals surface area contributed by atoms with E-state index >= 15 is 0 Å². The van der Waals surface area contributed by atoms with Crippen molar-refractivity contribution >= 4 is 12.1 Å². The number of likely N-dealkylation sites (tertiary alicyclic amines) is 1. The number of methoxy groups -OCH3 is 1. The van der Waals surface area contributed by atoms with Crippen molar-refractivity contribution in [1.29, 1.82) is 0 Å². The summed E-state index contributed by atoms with van der Waals surface area (Å²) in [6.07, 6.45) is 0.373. The van der Waals surface area contributed by atoms with E-state index in [1.165, 1.54) is 7.11 Å². The van der Waals surface area contributed by atoms with E-state index in [1.54, 1.807) is 4.90 Å². The van der Waals surface area contributed by atoms with Gasteiger partial charge in [0.05, 0.1) is 12.5 Å². The maximum atomic E-state index is 12.2. The summed E-state index contributed by atoms with van der Waals surface area (Å²) >= 11 is 0. The molecule has 0 radical (unpaired) electrons. The molecule has 1 aromatic rings. The quantitative estimate of drug-likeness (QED) is 0.806. The number of carbonyl (C=O) groups is 2. The zero-order valence-corrected chi connectivity index (χ0v) is 13.4. The third-order valence-corrected chi connectivity index (χ3v) is 4.55. The normalized spacial score (nSPS) is 24.7. The minimum atomic E-state index is -0.682. The van der Waals surface area contributed by atoms with Crippen LogP contribution in [0.4, 0.5) is 4.79 Å². The van der Waals surface area contributed by atoms with Crippen LogP contribution < -0.4 is 0 Å². The van der Waals surface area contributed by atoms with Gasteiger partial charge < -0.3 is 14.4 Å². The van der Waals surface area contributed by atoms with Crippen LogP contribution in [0.2, 0.25) is 0 Å². The van der Waals surface area contributed by atoms with E-state index in [0.717, 1.165) is 12.0 Å². The van der Waals surface area contributed by atoms with Crippen molar-refractivity contribution in [2.75, 3.05) is 20.2 Å². The largest absolute Gasteiger partial charge is 0.469 e. The molecule has 1 aliphatic heterocycles. The predicted molar refractivity (Wildman–Crippen MR) is 82.1 cm³/mol. The lowest BCUT2D eigenvalue weighted by atomic mass is 9.73. The molecule has 120 valence electrons. The molecule has 22 heavy (non-hydrogen) atoms. The van der Waals surface area contributed by atoms with Crippen LogP contribution in [0.3, 0.4) is 0 Å². The smallest absolute Gasteiger partial charge is 0.410 e. The molecule has 0 aromatic heterocycles. The van der Waals surface area contributed by atoms with Crippen LogP contribution >= 0.6 is 0 Å². The van der Waals surface area contributed by atoms with Crippen LogP contribution in [0.15, 0.2) is 30.3 Å². The van der Waals surface area contributed by atoms with Crippen LogP contribution in [0.5, 0.6) is 0 Å². The average Bonchev–Trinajstić information content (AvgIpc) is 2.55. The highest BCUT2D eigenvalue weighted by molar-refractivity contribution is 5.78. The first-order valence-corrected chi connectivity index (χ1v) is 7.51. The lowest BCUT2D eigenvalue weighted by Gasteiger charge is -2.42. The van der Waals surface area contributed by atoms with Gasteiger partial charge >= 0.3 is 12.1 Å². The fourth-order valence-corrected chi connectivity index (χ4v) is 2.76. The second-order valence-electron chi connectivity index (χ2n) is 6.06. The van der Waals surface area contributed by atoms with Crippen molar-refractivity contribution in [3.63, 3.8) is 0 Å². The summed E-state index contributed by atoms with van der Waals surface area (Å²) < 4.78 is 10.2. The van der Waals surface area contributed by atoms with Gasteiger partial charge in [-0.3, -0.25) is 4.79 Å². The van der Waals surface area contributed by atoms with Crippen LogP contribution in [0, 0.1) is 11.3 Å². The van der Waals surface area contributed by atoms with E-state index in [4.69, 9.17) is 9.47 Å². The first kappa shape index (κ1) is 16.3. The Kier molecular flexibility index (Phi) is 5.06. The summed E-state index contributed by atoms with van der Waals surface area (Å²) in [4.78, 5) is 25.9. The summed E-state index contributed by atoms with van der Waals surface area (Å²) in [6, 6.07) is 9.54. The number of benzene rings is 1. The highest BCUT2D eigenvalue weighted by Gasteiger charge is 2.45. The molecule has 0 saturated carbocycles. The zero-order chi connectivity index (χ0) is 16.2. The van der Waals surface area contributed by atoms with Gasteiger partial charge in [0.25, 0.3) is 0 Å². The molecule has 0 bridgehead atoms. The number of esters is 1. The van der Waals surface area contributed by atoms with Crippen LogP contribution in [0.1, 0.15) is 25.8 Å². The molecule has 2 rings (SSSR count). The van der Waals surface area contributed by atoms with Crippen LogP contribution in [-0.4, -0.2) is 37.2 Å². The number of carbonyl (C=O) groups excluding carboxylic acids is 2. The van der Waals surface area contributed by atoms with E-state index in [1.807, 2.05) is 44.2 Å². The Labute approximate surface area is 131 Å². The standard InChI is InChI=1S/C17H23NO4/c1-13-9-10-18(12-17(13,2)15(19)21-3)16(20)22-11-14-7-5-4-6-8-14/h4-8,13H,9-12H2,1-3H3. The fourth-order valence-electron chi connectivity index (χ4n) is 2.76. The van der Waals surface area contributed by atoms with Gasteiger partial charge in [0.15, 0.2) is 0 Å². The Morgan fingerprint density at radius 2 is 2.00 bits per heavy atom. The van der Waals surface area contributed by atoms with E-state index < -0.39 is 5.41 Å². The number of hydrogen-bond acceptors (Lipinski definition) is 4. The van der Waals surface area contributed by atoms with E-state index in [-0.39, 0.29) is 24.6 Å². The predicted octanol–water partition coefficient (Wildman–Crippen LogP) is 2.84. The number of nitrogens with zero attached hydrogens (tertiary/aromatic N) is 1. The molecular formula is C17H23NO4. The number of hydrogen-bond donors (Lipinski definition) is 0. The van der Waals surface area contributed by atoms with Crippen molar-refractivity contribution in [2.45, 2.75) is 26.9 Å². The maximum Gasteiger partial charge on any atom is 0.410 e. The number of rotatable bonds is 3. The molecule has 5 nitrogen and oxygen atoms in total. The third kappa shape index (κ3) is 3.40. The van der Waals surface area contributed by atoms with Gasteiger partial charge in [-0.05, 0) is 24.8 Å². The molecule has 2 unspecified atom stereocenters. The molecule has 1 heterocycles. The first-order chi connectivity index (χ1) is 10.5. The van der Waals surface area contributed by atoms with E-state index in [0.29, 0.717) is 13.1 Å². The third-order valence-electron chi connectivity index (χ3n) is 4.55. The molecule has 1 aliphatic rings. The molecule has 1 amide bonds. The topological polar surface area (TPSA) is 55.8 Å². The minimum absolute atomic E-state index is 0.165. The second-order valence-corrected chi connectivity index (χ2v) is 6.06. The van der Waals surface area contributed by atoms with Gasteiger partial charge in [-0.15, -0.1) is 0 Å². The summed E-state index contributed by atoms with van der Waals surface area (Å²) in [6.45, 7) is 5.03. The van der Waals surface area contributed by atoms with Crippen molar-refractivity contribution in [2.24, 2.45) is 11.3 Å². The van der Waals surface area contributed by atoms with Crippen LogP contribution in [-0.2, 0) is 20.9 Å². The van der Waals surface area contributed by atoms with Gasteiger partial charge in [0.2, 0.25) is 0 Å². The molecule has 0 spiro atoms. The first-order valence-electron chi connectivity index (χ1n) is 7.51. The van der Waals surface area contributed by atoms with E-state index in [9.17, 15) is 9.59 Å². The number of piperidine rings is 1. The molecule has 2 atom stereocenters. The Hall–Kier alpha value is -2.04. The van der Waals surface area contributed by atoms with Crippen molar-refractivity contribution in [3.8, 4) is 0 Å². The van der Waals surface area contributed by atoms with Crippen molar-refractivity contribution < 1.29 is 19.1 Å². The lowest BCUT2D eigenvalue weighted by molar-refractivity contribution is -0.158. The van der Waals surface area contributed by atoms with Crippen LogP contribution in [0.25, 0.3) is 0 Å². The Morgan fingerprint density at radius 1 is 1.32 bits per heavy atom. The Balaban J connectivity index is 1.97. The minimum Gasteiger partial charge on any atom is -0.469 e. The van der Waals surface area contributed by atoms with Gasteiger partial charge in [-0.25, -0.2) is 4.79 Å². The summed E-state index contributed by atoms with van der Waals surface area (Å²) in [5.74, 6) is -0.112. The van der Waals surface area contributed by atoms with Gasteiger partial charge in [-0.2, -0.15) is 0 Å². The lowest BCUT2D eigenvalue weighted by Crippen LogP contribution is -2.52. The molecular weight excluding hydrogens is 282 g/mol. The molecule has 1 aromatic carbocycles. The SMILES string of the molecule is COC(=O)C1(C)CN(C(=O)OCc2ccccc2)CCC1C. The highest BCUT2D eigenvalue weighted by Crippen LogP contribution is 2.36.